The van der Waals surface area contributed by atoms with E-state index in [9.17, 15) is 0 Å². The predicted molar refractivity (Wildman–Crippen MR) is 49.5 cm³/mol. The lowest BCUT2D eigenvalue weighted by Gasteiger charge is -2.21. The second-order valence-electron chi connectivity index (χ2n) is 3.90. The Morgan fingerprint density at radius 2 is 1.55 bits per heavy atom. The third kappa shape index (κ3) is 3.76. The van der Waals surface area contributed by atoms with Gasteiger partial charge in [-0.2, -0.15) is 0 Å². The number of rotatable bonds is 2. The molecule has 0 aromatic heterocycles. The molecule has 1 radical (unpaired) electrons. The van der Waals surface area contributed by atoms with Crippen LogP contribution in [0.2, 0.25) is 0 Å². The van der Waals surface area contributed by atoms with Crippen LogP contribution in [-0.2, 0) is 0 Å². The van der Waals surface area contributed by atoms with Crippen LogP contribution in [0.15, 0.2) is 0 Å². The van der Waals surface area contributed by atoms with E-state index in [4.69, 9.17) is 0 Å². The molecule has 0 spiro atoms. The second-order valence-corrected chi connectivity index (χ2v) is 3.90. The van der Waals surface area contributed by atoms with Crippen LogP contribution < -0.4 is 0 Å². The van der Waals surface area contributed by atoms with Crippen molar-refractivity contribution in [3.05, 3.63) is 5.92 Å². The lowest BCUT2D eigenvalue weighted by molar-refractivity contribution is 0.296. The average Bonchev–Trinajstić information content (AvgIpc) is 2.14. The molecule has 0 N–H and O–H groups in total. The van der Waals surface area contributed by atoms with Gasteiger partial charge in [-0.25, -0.2) is 0 Å². The first-order valence-electron chi connectivity index (χ1n) is 4.80. The van der Waals surface area contributed by atoms with Crippen molar-refractivity contribution in [2.45, 2.75) is 39.5 Å². The lowest BCUT2D eigenvalue weighted by atomic mass is 10.2. The average molecular weight is 154 g/mol. The molecule has 0 bridgehead atoms. The predicted octanol–water partition coefficient (Wildman–Crippen LogP) is 2.48. The highest BCUT2D eigenvalue weighted by molar-refractivity contribution is 4.82. The topological polar surface area (TPSA) is 3.24 Å². The molecular formula is C10H20N. The highest BCUT2D eigenvalue weighted by Gasteiger charge is 2.09. The first kappa shape index (κ1) is 9.05. The lowest BCUT2D eigenvalue weighted by Crippen LogP contribution is -2.27. The molecule has 1 heteroatoms. The summed E-state index contributed by atoms with van der Waals surface area (Å²) < 4.78 is 0. The van der Waals surface area contributed by atoms with Crippen molar-refractivity contribution in [3.63, 3.8) is 0 Å². The van der Waals surface area contributed by atoms with Crippen molar-refractivity contribution in [3.8, 4) is 0 Å². The largest absolute Gasteiger partial charge is 0.303 e. The number of hydrogen-bond acceptors (Lipinski definition) is 1. The zero-order valence-corrected chi connectivity index (χ0v) is 7.90. The molecule has 1 rings (SSSR count). The van der Waals surface area contributed by atoms with Gasteiger partial charge in [-0.3, -0.25) is 0 Å². The van der Waals surface area contributed by atoms with E-state index in [2.05, 4.69) is 18.7 Å². The maximum Gasteiger partial charge on any atom is 0.00383 e. The maximum atomic E-state index is 2.59. The van der Waals surface area contributed by atoms with Crippen molar-refractivity contribution >= 4 is 0 Å². The third-order valence-corrected chi connectivity index (χ3v) is 2.24. The molecule has 65 valence electrons. The standard InChI is InChI=1S/C10H20N/c1-10(2)9-11-7-5-3-4-6-8-11/h3-9H2,1-2H3. The van der Waals surface area contributed by atoms with Gasteiger partial charge >= 0.3 is 0 Å². The summed E-state index contributed by atoms with van der Waals surface area (Å²) in [5, 5.41) is 0. The fraction of sp³-hybridized carbons (Fsp3) is 0.900. The highest BCUT2D eigenvalue weighted by Crippen LogP contribution is 2.11. The summed E-state index contributed by atoms with van der Waals surface area (Å²) in [6.45, 7) is 8.33. The Hall–Kier alpha value is -0.0400. The van der Waals surface area contributed by atoms with Crippen molar-refractivity contribution < 1.29 is 0 Å². The highest BCUT2D eigenvalue weighted by atomic mass is 15.1. The van der Waals surface area contributed by atoms with E-state index in [1.165, 1.54) is 45.3 Å². The molecular weight excluding hydrogens is 134 g/mol. The summed E-state index contributed by atoms with van der Waals surface area (Å²) in [6.07, 6.45) is 5.71. The molecule has 1 heterocycles. The van der Waals surface area contributed by atoms with E-state index in [1.807, 2.05) is 0 Å². The molecule has 0 unspecified atom stereocenters. The van der Waals surface area contributed by atoms with Gasteiger partial charge in [-0.15, -0.1) is 0 Å². The van der Waals surface area contributed by atoms with Gasteiger partial charge < -0.3 is 4.90 Å². The van der Waals surface area contributed by atoms with Gasteiger partial charge in [0.2, 0.25) is 0 Å². The summed E-state index contributed by atoms with van der Waals surface area (Å²) in [7, 11) is 0. The van der Waals surface area contributed by atoms with E-state index >= 15 is 0 Å². The maximum absolute atomic E-state index is 2.59. The van der Waals surface area contributed by atoms with Crippen LogP contribution in [-0.4, -0.2) is 24.5 Å². The van der Waals surface area contributed by atoms with Crippen LogP contribution in [0.25, 0.3) is 0 Å². The van der Waals surface area contributed by atoms with Crippen LogP contribution in [0, 0.1) is 5.92 Å². The Morgan fingerprint density at radius 3 is 2.00 bits per heavy atom. The van der Waals surface area contributed by atoms with E-state index in [1.54, 1.807) is 5.92 Å². The van der Waals surface area contributed by atoms with Crippen LogP contribution in [0.1, 0.15) is 39.5 Å². The SMILES string of the molecule is C[C](C)CN1CCCCCC1. The van der Waals surface area contributed by atoms with Gasteiger partial charge in [0.1, 0.15) is 0 Å². The second kappa shape index (κ2) is 4.76. The molecule has 1 aliphatic rings. The van der Waals surface area contributed by atoms with Gasteiger partial charge in [0, 0.05) is 6.54 Å². The number of hydrogen-bond donors (Lipinski definition) is 0. The molecule has 1 aliphatic heterocycles. The number of likely N-dealkylation sites (tertiary alicyclic amines) is 1. The Labute approximate surface area is 70.8 Å². The minimum Gasteiger partial charge on any atom is -0.303 e. The van der Waals surface area contributed by atoms with Gasteiger partial charge in [-0.1, -0.05) is 26.7 Å². The molecule has 11 heavy (non-hydrogen) atoms. The summed E-state index contributed by atoms with van der Waals surface area (Å²) in [5.41, 5.74) is 0. The fourth-order valence-corrected chi connectivity index (χ4v) is 1.74. The molecule has 0 aliphatic carbocycles. The van der Waals surface area contributed by atoms with E-state index in [-0.39, 0.29) is 0 Å². The van der Waals surface area contributed by atoms with E-state index in [0.29, 0.717) is 0 Å². The van der Waals surface area contributed by atoms with Crippen LogP contribution in [0.5, 0.6) is 0 Å². The zero-order chi connectivity index (χ0) is 8.10. The first-order valence-corrected chi connectivity index (χ1v) is 4.80. The monoisotopic (exact) mass is 154 g/mol. The summed E-state index contributed by atoms with van der Waals surface area (Å²) in [4.78, 5) is 2.59. The normalized spacial score (nSPS) is 22.1. The zero-order valence-electron chi connectivity index (χ0n) is 7.90. The van der Waals surface area contributed by atoms with Crippen molar-refractivity contribution in [1.29, 1.82) is 0 Å². The van der Waals surface area contributed by atoms with E-state index in [0.717, 1.165) is 0 Å². The Balaban J connectivity index is 2.20. The first-order chi connectivity index (χ1) is 5.29. The summed E-state index contributed by atoms with van der Waals surface area (Å²) in [5.74, 6) is 1.55. The molecule has 0 atom stereocenters. The number of nitrogens with zero attached hydrogens (tertiary/aromatic N) is 1. The Kier molecular flexibility index (Phi) is 3.92. The molecule has 0 aromatic rings. The minimum absolute atomic E-state index is 1.22. The van der Waals surface area contributed by atoms with Crippen LogP contribution >= 0.6 is 0 Å². The minimum atomic E-state index is 1.22. The van der Waals surface area contributed by atoms with Gasteiger partial charge in [0.05, 0.1) is 0 Å². The van der Waals surface area contributed by atoms with Crippen molar-refractivity contribution in [2.75, 3.05) is 19.6 Å². The Bertz CT molecular complexity index is 91.0. The summed E-state index contributed by atoms with van der Waals surface area (Å²) in [6, 6.07) is 0. The van der Waals surface area contributed by atoms with E-state index < -0.39 is 0 Å². The van der Waals surface area contributed by atoms with Gasteiger partial charge in [-0.05, 0) is 31.8 Å². The van der Waals surface area contributed by atoms with Crippen LogP contribution in [0.3, 0.4) is 0 Å². The van der Waals surface area contributed by atoms with Crippen molar-refractivity contribution in [2.24, 2.45) is 0 Å². The molecule has 1 saturated heterocycles. The molecule has 0 aromatic carbocycles. The molecule has 0 saturated carbocycles. The smallest absolute Gasteiger partial charge is 0.00383 e. The fourth-order valence-electron chi connectivity index (χ4n) is 1.74. The molecule has 1 nitrogen and oxygen atoms in total. The summed E-state index contributed by atoms with van der Waals surface area (Å²) >= 11 is 0. The quantitative estimate of drug-likeness (QED) is 0.590. The Morgan fingerprint density at radius 1 is 1.00 bits per heavy atom. The van der Waals surface area contributed by atoms with Crippen LogP contribution in [0.4, 0.5) is 0 Å². The van der Waals surface area contributed by atoms with Gasteiger partial charge in [0.25, 0.3) is 0 Å². The molecule has 0 amide bonds. The molecule has 1 fully saturated rings. The van der Waals surface area contributed by atoms with Gasteiger partial charge in [0.15, 0.2) is 0 Å². The van der Waals surface area contributed by atoms with Crippen molar-refractivity contribution in [1.82, 2.24) is 4.90 Å². The third-order valence-electron chi connectivity index (χ3n) is 2.24.